The fourth-order valence-corrected chi connectivity index (χ4v) is 1.86. The standard InChI is InChI=1S/C16H14F6N2O4/c1-25-23(27-13-7-3-11(4-8-13)15(17,18)19)24(26-2)28-14-9-5-12(6-10-14)16(20,21)22/h3-10H,1-2H3. The van der Waals surface area contributed by atoms with E-state index < -0.39 is 23.5 Å². The quantitative estimate of drug-likeness (QED) is 0.487. The van der Waals surface area contributed by atoms with E-state index in [1.54, 1.807) is 0 Å². The van der Waals surface area contributed by atoms with Gasteiger partial charge in [0.25, 0.3) is 0 Å². The van der Waals surface area contributed by atoms with Crippen LogP contribution in [0.4, 0.5) is 26.3 Å². The molecule has 0 saturated heterocycles. The second kappa shape index (κ2) is 8.65. The largest absolute Gasteiger partial charge is 0.416 e. The lowest BCUT2D eigenvalue weighted by Gasteiger charge is -2.27. The molecule has 0 unspecified atom stereocenters. The molecule has 154 valence electrons. The number of rotatable bonds is 7. The smallest absolute Gasteiger partial charge is 0.362 e. The third-order valence-corrected chi connectivity index (χ3v) is 3.18. The summed E-state index contributed by atoms with van der Waals surface area (Å²) >= 11 is 0. The summed E-state index contributed by atoms with van der Waals surface area (Å²) in [7, 11) is 2.26. The molecule has 0 radical (unpaired) electrons. The third kappa shape index (κ3) is 5.73. The monoisotopic (exact) mass is 412 g/mol. The summed E-state index contributed by atoms with van der Waals surface area (Å²) in [6.07, 6.45) is -9.02. The highest BCUT2D eigenvalue weighted by molar-refractivity contribution is 5.29. The van der Waals surface area contributed by atoms with Gasteiger partial charge < -0.3 is 9.68 Å². The highest BCUT2D eigenvalue weighted by Crippen LogP contribution is 2.31. The van der Waals surface area contributed by atoms with Crippen molar-refractivity contribution in [1.82, 2.24) is 10.7 Å². The van der Waals surface area contributed by atoms with E-state index in [0.717, 1.165) is 62.8 Å². The molecule has 12 heteroatoms. The minimum atomic E-state index is -4.51. The lowest BCUT2D eigenvalue weighted by Crippen LogP contribution is -2.45. The molecule has 0 aromatic heterocycles. The van der Waals surface area contributed by atoms with Crippen molar-refractivity contribution in [2.45, 2.75) is 12.4 Å². The Labute approximate surface area is 155 Å². The molecule has 0 heterocycles. The average Bonchev–Trinajstić information content (AvgIpc) is 2.63. The van der Waals surface area contributed by atoms with Crippen LogP contribution in [0.25, 0.3) is 0 Å². The Morgan fingerprint density at radius 2 is 0.857 bits per heavy atom. The van der Waals surface area contributed by atoms with E-state index in [2.05, 4.69) is 0 Å². The van der Waals surface area contributed by atoms with E-state index in [4.69, 9.17) is 19.4 Å². The SMILES string of the molecule is CON(Oc1ccc(C(F)(F)F)cc1)N(OC)Oc1ccc(C(F)(F)F)cc1. The summed E-state index contributed by atoms with van der Waals surface area (Å²) < 4.78 is 75.5. The molecule has 0 saturated carbocycles. The van der Waals surface area contributed by atoms with Crippen LogP contribution in [0, 0.1) is 0 Å². The van der Waals surface area contributed by atoms with Crippen molar-refractivity contribution < 1.29 is 45.7 Å². The highest BCUT2D eigenvalue weighted by Gasteiger charge is 2.31. The van der Waals surface area contributed by atoms with Crippen molar-refractivity contribution in [2.24, 2.45) is 0 Å². The summed E-state index contributed by atoms with van der Waals surface area (Å²) in [6, 6.07) is 7.27. The van der Waals surface area contributed by atoms with Crippen molar-refractivity contribution in [1.29, 1.82) is 0 Å². The molecule has 0 N–H and O–H groups in total. The molecule has 0 amide bonds. The van der Waals surface area contributed by atoms with E-state index in [-0.39, 0.29) is 11.5 Å². The maximum atomic E-state index is 12.6. The molecule has 2 aromatic rings. The summed E-state index contributed by atoms with van der Waals surface area (Å²) in [6.45, 7) is 0. The number of nitrogens with zero attached hydrogens (tertiary/aromatic N) is 2. The van der Waals surface area contributed by atoms with E-state index in [9.17, 15) is 26.3 Å². The summed E-state index contributed by atoms with van der Waals surface area (Å²) in [5.74, 6) is -0.124. The zero-order valence-electron chi connectivity index (χ0n) is 14.4. The van der Waals surface area contributed by atoms with Crippen LogP contribution in [0.15, 0.2) is 48.5 Å². The first-order chi connectivity index (χ1) is 13.0. The van der Waals surface area contributed by atoms with Gasteiger partial charge >= 0.3 is 12.4 Å². The van der Waals surface area contributed by atoms with Crippen molar-refractivity contribution in [2.75, 3.05) is 14.2 Å². The van der Waals surface area contributed by atoms with Gasteiger partial charge in [-0.05, 0) is 48.5 Å². The van der Waals surface area contributed by atoms with E-state index in [0.29, 0.717) is 10.7 Å². The van der Waals surface area contributed by atoms with Crippen molar-refractivity contribution in [3.8, 4) is 11.5 Å². The number of alkyl halides is 6. The van der Waals surface area contributed by atoms with Gasteiger partial charge in [-0.25, -0.2) is 0 Å². The van der Waals surface area contributed by atoms with Crippen molar-refractivity contribution >= 4 is 0 Å². The van der Waals surface area contributed by atoms with E-state index >= 15 is 0 Å². The number of halogens is 6. The molecule has 0 spiro atoms. The minimum Gasteiger partial charge on any atom is -0.362 e. The number of hydrogen-bond donors (Lipinski definition) is 0. The fourth-order valence-electron chi connectivity index (χ4n) is 1.86. The maximum absolute atomic E-state index is 12.6. The Hall–Kier alpha value is -2.54. The van der Waals surface area contributed by atoms with Gasteiger partial charge in [0, 0.05) is 0 Å². The van der Waals surface area contributed by atoms with Crippen molar-refractivity contribution in [3.63, 3.8) is 0 Å². The van der Waals surface area contributed by atoms with Gasteiger partial charge in [-0.15, -0.1) is 0 Å². The number of hydrazine groups is 1. The van der Waals surface area contributed by atoms with Gasteiger partial charge in [0.2, 0.25) is 0 Å². The molecule has 6 nitrogen and oxygen atoms in total. The minimum absolute atomic E-state index is 0.0621. The summed E-state index contributed by atoms with van der Waals surface area (Å²) in [5.41, 5.74) is -1.76. The molecule has 0 aliphatic heterocycles. The summed E-state index contributed by atoms with van der Waals surface area (Å²) in [4.78, 5) is 20.0. The number of benzene rings is 2. The second-order valence-electron chi connectivity index (χ2n) is 5.07. The Kier molecular flexibility index (Phi) is 6.72. The van der Waals surface area contributed by atoms with E-state index in [1.807, 2.05) is 0 Å². The Balaban J connectivity index is 2.08. The average molecular weight is 412 g/mol. The predicted octanol–water partition coefficient (Wildman–Crippen LogP) is 4.65. The van der Waals surface area contributed by atoms with Crippen LogP contribution in [-0.2, 0) is 22.0 Å². The number of hydrogen-bond acceptors (Lipinski definition) is 6. The predicted molar refractivity (Wildman–Crippen MR) is 81.8 cm³/mol. The van der Waals surface area contributed by atoms with Crippen molar-refractivity contribution in [3.05, 3.63) is 59.7 Å². The third-order valence-electron chi connectivity index (χ3n) is 3.18. The molecule has 0 aliphatic rings. The first-order valence-corrected chi connectivity index (χ1v) is 7.43. The van der Waals surface area contributed by atoms with Crippen LogP contribution in [0.3, 0.4) is 0 Å². The van der Waals surface area contributed by atoms with Gasteiger partial charge in [0.1, 0.15) is 10.7 Å². The van der Waals surface area contributed by atoms with Gasteiger partial charge in [-0.1, -0.05) is 0 Å². The molecule has 0 aliphatic carbocycles. The molecule has 0 atom stereocenters. The topological polar surface area (TPSA) is 43.4 Å². The fraction of sp³-hybridized carbons (Fsp3) is 0.250. The van der Waals surface area contributed by atoms with Crippen LogP contribution >= 0.6 is 0 Å². The van der Waals surface area contributed by atoms with Gasteiger partial charge in [0.05, 0.1) is 25.3 Å². The molecule has 0 bridgehead atoms. The summed E-state index contributed by atoms with van der Waals surface area (Å²) in [5, 5.41) is 1.03. The molecular weight excluding hydrogens is 398 g/mol. The second-order valence-corrected chi connectivity index (χ2v) is 5.07. The Bertz CT molecular complexity index is 684. The van der Waals surface area contributed by atoms with Crippen LogP contribution in [0.5, 0.6) is 11.5 Å². The van der Waals surface area contributed by atoms with Crippen LogP contribution in [-0.4, -0.2) is 24.9 Å². The Morgan fingerprint density at radius 1 is 0.571 bits per heavy atom. The zero-order valence-corrected chi connectivity index (χ0v) is 14.4. The van der Waals surface area contributed by atoms with Gasteiger partial charge in [-0.2, -0.15) is 26.3 Å². The molecule has 28 heavy (non-hydrogen) atoms. The lowest BCUT2D eigenvalue weighted by atomic mass is 10.2. The molecule has 0 fully saturated rings. The van der Waals surface area contributed by atoms with Gasteiger partial charge in [-0.3, -0.25) is 9.68 Å². The Morgan fingerprint density at radius 3 is 1.07 bits per heavy atom. The first-order valence-electron chi connectivity index (χ1n) is 7.43. The van der Waals surface area contributed by atoms with E-state index in [1.165, 1.54) is 0 Å². The first kappa shape index (κ1) is 21.8. The van der Waals surface area contributed by atoms with Crippen LogP contribution < -0.4 is 9.68 Å². The van der Waals surface area contributed by atoms with Crippen LogP contribution in [0.1, 0.15) is 11.1 Å². The highest BCUT2D eigenvalue weighted by atomic mass is 19.4. The molecule has 2 rings (SSSR count). The maximum Gasteiger partial charge on any atom is 0.416 e. The lowest BCUT2D eigenvalue weighted by molar-refractivity contribution is -0.566. The zero-order chi connectivity index (χ0) is 20.9. The molecular formula is C16H14F6N2O4. The van der Waals surface area contributed by atoms with Crippen LogP contribution in [0.2, 0.25) is 0 Å². The van der Waals surface area contributed by atoms with Gasteiger partial charge in [0.15, 0.2) is 11.5 Å². The normalized spacial score (nSPS) is 12.5. The molecule has 2 aromatic carbocycles.